The minimum atomic E-state index is -0.278. The van der Waals surface area contributed by atoms with Gasteiger partial charge >= 0.3 is 0 Å². The number of rotatable bonds is 3. The van der Waals surface area contributed by atoms with Gasteiger partial charge in [0, 0.05) is 19.1 Å². The molecule has 104 valence electrons. The Labute approximate surface area is 110 Å². The third-order valence-corrected chi connectivity index (χ3v) is 4.75. The molecule has 0 saturated carbocycles. The average molecular weight is 253 g/mol. The number of piperidine rings is 1. The number of likely N-dealkylation sites (tertiary alicyclic amines) is 1. The van der Waals surface area contributed by atoms with E-state index in [1.165, 1.54) is 0 Å². The van der Waals surface area contributed by atoms with Gasteiger partial charge in [-0.1, -0.05) is 6.92 Å². The van der Waals surface area contributed by atoms with Gasteiger partial charge in [0.2, 0.25) is 5.91 Å². The molecule has 18 heavy (non-hydrogen) atoms. The molecule has 3 unspecified atom stereocenters. The van der Waals surface area contributed by atoms with Gasteiger partial charge in [-0.2, -0.15) is 0 Å². The Bertz CT molecular complexity index is 297. The zero-order chi connectivity index (χ0) is 13.2. The topological polar surface area (TPSA) is 58.4 Å². The molecule has 1 amide bonds. The van der Waals surface area contributed by atoms with E-state index in [0.717, 1.165) is 51.7 Å². The largest absolute Gasteiger partial charge is 0.341 e. The summed E-state index contributed by atoms with van der Waals surface area (Å²) >= 11 is 0. The van der Waals surface area contributed by atoms with E-state index in [0.29, 0.717) is 11.8 Å². The van der Waals surface area contributed by atoms with Crippen LogP contribution in [0.25, 0.3) is 0 Å². The van der Waals surface area contributed by atoms with Crippen LogP contribution in [0.15, 0.2) is 0 Å². The molecule has 2 aliphatic rings. The van der Waals surface area contributed by atoms with Crippen molar-refractivity contribution in [1.82, 2.24) is 10.2 Å². The van der Waals surface area contributed by atoms with E-state index < -0.39 is 0 Å². The summed E-state index contributed by atoms with van der Waals surface area (Å²) < 4.78 is 0. The number of nitrogens with one attached hydrogen (secondary N) is 1. The van der Waals surface area contributed by atoms with Gasteiger partial charge < -0.3 is 16.0 Å². The fourth-order valence-electron chi connectivity index (χ4n) is 3.37. The Balaban J connectivity index is 2.04. The summed E-state index contributed by atoms with van der Waals surface area (Å²) in [5.74, 6) is 0.783. The monoisotopic (exact) mass is 253 g/mol. The Morgan fingerprint density at radius 1 is 1.56 bits per heavy atom. The van der Waals surface area contributed by atoms with Crippen molar-refractivity contribution >= 4 is 5.91 Å². The van der Waals surface area contributed by atoms with Gasteiger partial charge in [0.05, 0.1) is 5.54 Å². The van der Waals surface area contributed by atoms with Crippen molar-refractivity contribution in [3.63, 3.8) is 0 Å². The van der Waals surface area contributed by atoms with Crippen LogP contribution in [0.2, 0.25) is 0 Å². The Morgan fingerprint density at radius 3 is 2.89 bits per heavy atom. The lowest BCUT2D eigenvalue weighted by molar-refractivity contribution is -0.140. The van der Waals surface area contributed by atoms with Gasteiger partial charge in [0.25, 0.3) is 0 Å². The highest BCUT2D eigenvalue weighted by Gasteiger charge is 2.42. The average Bonchev–Trinajstić information content (AvgIpc) is 2.88. The first-order valence-corrected chi connectivity index (χ1v) is 7.39. The summed E-state index contributed by atoms with van der Waals surface area (Å²) in [5, 5.41) is 3.44. The Kier molecular flexibility index (Phi) is 4.28. The molecule has 2 heterocycles. The third-order valence-electron chi connectivity index (χ3n) is 4.75. The molecule has 0 aromatic carbocycles. The smallest absolute Gasteiger partial charge is 0.242 e. The van der Waals surface area contributed by atoms with Crippen LogP contribution in [0, 0.1) is 5.92 Å². The maximum absolute atomic E-state index is 12.7. The van der Waals surface area contributed by atoms with Crippen LogP contribution in [0.1, 0.15) is 46.0 Å². The molecule has 2 saturated heterocycles. The highest BCUT2D eigenvalue weighted by molar-refractivity contribution is 5.86. The predicted molar refractivity (Wildman–Crippen MR) is 73.2 cm³/mol. The summed E-state index contributed by atoms with van der Waals surface area (Å²) in [4.78, 5) is 14.8. The van der Waals surface area contributed by atoms with E-state index in [-0.39, 0.29) is 11.6 Å². The molecular weight excluding hydrogens is 226 g/mol. The lowest BCUT2D eigenvalue weighted by atomic mass is 9.88. The molecule has 4 nitrogen and oxygen atoms in total. The van der Waals surface area contributed by atoms with E-state index in [1.54, 1.807) is 0 Å². The number of nitrogens with zero attached hydrogens (tertiary/aromatic N) is 1. The fourth-order valence-corrected chi connectivity index (χ4v) is 3.37. The maximum atomic E-state index is 12.7. The standard InChI is InChI=1S/C14H27N3O/c1-3-14(7-5-8-16-14)13(18)17-9-4-6-12(10-17)11(2)15/h11-12,16H,3-10,15H2,1-2H3. The second kappa shape index (κ2) is 5.57. The molecule has 2 fully saturated rings. The molecule has 2 rings (SSSR count). The van der Waals surface area contributed by atoms with E-state index >= 15 is 0 Å². The molecule has 0 bridgehead atoms. The van der Waals surface area contributed by atoms with Crippen LogP contribution < -0.4 is 11.1 Å². The summed E-state index contributed by atoms with van der Waals surface area (Å²) in [7, 11) is 0. The van der Waals surface area contributed by atoms with Crippen LogP contribution in [0.3, 0.4) is 0 Å². The lowest BCUT2D eigenvalue weighted by Gasteiger charge is -2.39. The molecule has 4 heteroatoms. The van der Waals surface area contributed by atoms with Crippen molar-refractivity contribution < 1.29 is 4.79 Å². The summed E-state index contributed by atoms with van der Waals surface area (Å²) in [5.41, 5.74) is 5.72. The van der Waals surface area contributed by atoms with Crippen LogP contribution in [-0.2, 0) is 4.79 Å². The summed E-state index contributed by atoms with van der Waals surface area (Å²) in [6, 6.07) is 0.190. The van der Waals surface area contributed by atoms with Crippen molar-refractivity contribution in [1.29, 1.82) is 0 Å². The van der Waals surface area contributed by atoms with Gasteiger partial charge in [-0.15, -0.1) is 0 Å². The second-order valence-corrected chi connectivity index (χ2v) is 5.98. The van der Waals surface area contributed by atoms with Crippen LogP contribution in [0.5, 0.6) is 0 Å². The molecule has 0 aromatic heterocycles. The van der Waals surface area contributed by atoms with Gasteiger partial charge in [0.1, 0.15) is 0 Å². The molecule has 3 N–H and O–H groups in total. The van der Waals surface area contributed by atoms with Crippen molar-refractivity contribution in [3.8, 4) is 0 Å². The van der Waals surface area contributed by atoms with E-state index in [1.807, 2.05) is 0 Å². The van der Waals surface area contributed by atoms with E-state index in [4.69, 9.17) is 5.73 Å². The lowest BCUT2D eigenvalue weighted by Crippen LogP contribution is -2.57. The molecular formula is C14H27N3O. The highest BCUT2D eigenvalue weighted by atomic mass is 16.2. The first kappa shape index (κ1) is 13.8. The summed E-state index contributed by atoms with van der Waals surface area (Å²) in [6.07, 6.45) is 5.25. The molecule has 0 aliphatic carbocycles. The van der Waals surface area contributed by atoms with Crippen molar-refractivity contribution in [2.24, 2.45) is 11.7 Å². The van der Waals surface area contributed by atoms with E-state index in [9.17, 15) is 4.79 Å². The minimum Gasteiger partial charge on any atom is -0.341 e. The van der Waals surface area contributed by atoms with Crippen LogP contribution in [-0.4, -0.2) is 42.0 Å². The first-order valence-electron chi connectivity index (χ1n) is 7.39. The van der Waals surface area contributed by atoms with Gasteiger partial charge in [-0.3, -0.25) is 4.79 Å². The second-order valence-electron chi connectivity index (χ2n) is 5.98. The zero-order valence-electron chi connectivity index (χ0n) is 11.7. The quantitative estimate of drug-likeness (QED) is 0.792. The predicted octanol–water partition coefficient (Wildman–Crippen LogP) is 1.10. The van der Waals surface area contributed by atoms with Crippen LogP contribution in [0.4, 0.5) is 0 Å². The number of hydrogen-bond donors (Lipinski definition) is 2. The van der Waals surface area contributed by atoms with Crippen molar-refractivity contribution in [2.75, 3.05) is 19.6 Å². The number of amides is 1. The zero-order valence-corrected chi connectivity index (χ0v) is 11.7. The van der Waals surface area contributed by atoms with Crippen molar-refractivity contribution in [3.05, 3.63) is 0 Å². The van der Waals surface area contributed by atoms with Crippen molar-refractivity contribution in [2.45, 2.75) is 57.5 Å². The number of hydrogen-bond acceptors (Lipinski definition) is 3. The maximum Gasteiger partial charge on any atom is 0.242 e. The van der Waals surface area contributed by atoms with Gasteiger partial charge in [-0.05, 0) is 51.5 Å². The van der Waals surface area contributed by atoms with Gasteiger partial charge in [-0.25, -0.2) is 0 Å². The number of carbonyl (C=O) groups is 1. The van der Waals surface area contributed by atoms with Gasteiger partial charge in [0.15, 0.2) is 0 Å². The molecule has 0 radical (unpaired) electrons. The SMILES string of the molecule is CCC1(C(=O)N2CCCC(C(C)N)C2)CCCN1. The molecule has 0 spiro atoms. The highest BCUT2D eigenvalue weighted by Crippen LogP contribution is 2.28. The molecule has 3 atom stereocenters. The summed E-state index contributed by atoms with van der Waals surface area (Å²) in [6.45, 7) is 6.90. The van der Waals surface area contributed by atoms with Crippen LogP contribution >= 0.6 is 0 Å². The fraction of sp³-hybridized carbons (Fsp3) is 0.929. The number of nitrogens with two attached hydrogens (primary N) is 1. The normalized spacial score (nSPS) is 34.6. The Hall–Kier alpha value is -0.610. The molecule has 2 aliphatic heterocycles. The number of carbonyl (C=O) groups excluding carboxylic acids is 1. The third kappa shape index (κ3) is 2.54. The first-order chi connectivity index (χ1) is 8.59. The van der Waals surface area contributed by atoms with E-state index in [2.05, 4.69) is 24.1 Å². The minimum absolute atomic E-state index is 0.190. The molecule has 0 aromatic rings. The Morgan fingerprint density at radius 2 is 2.33 bits per heavy atom.